The fourth-order valence-corrected chi connectivity index (χ4v) is 3.89. The van der Waals surface area contributed by atoms with Crippen molar-refractivity contribution in [2.45, 2.75) is 32.6 Å². The molecular weight excluding hydrogens is 448 g/mol. The highest BCUT2D eigenvalue weighted by atomic mass is 16.5. The maximum Gasteiger partial charge on any atom is 0.343 e. The number of nitrogens with two attached hydrogens (primary N) is 2. The van der Waals surface area contributed by atoms with Gasteiger partial charge >= 0.3 is 5.97 Å². The Morgan fingerprint density at radius 1 is 0.943 bits per heavy atom. The summed E-state index contributed by atoms with van der Waals surface area (Å²) in [6.45, 7) is 2.07. The van der Waals surface area contributed by atoms with Crippen LogP contribution in [0, 0.1) is 0 Å². The lowest BCUT2D eigenvalue weighted by atomic mass is 9.97. The van der Waals surface area contributed by atoms with Crippen molar-refractivity contribution in [3.05, 3.63) is 77.0 Å². The number of furan rings is 1. The number of phenolic OH excluding ortho intramolecular Hbond substituents is 2. The number of phenols is 2. The fourth-order valence-electron chi connectivity index (χ4n) is 3.89. The lowest BCUT2D eigenvalue weighted by Crippen LogP contribution is -2.08. The Morgan fingerprint density at radius 3 is 2.29 bits per heavy atom. The summed E-state index contributed by atoms with van der Waals surface area (Å²) in [5.74, 6) is -1.30. The molecule has 8 heteroatoms. The molecule has 4 aromatic rings. The fraction of sp³-hybridized carbons (Fsp3) is 0.185. The topological polar surface area (TPSA) is 149 Å². The van der Waals surface area contributed by atoms with Crippen LogP contribution in [0.5, 0.6) is 17.2 Å². The second-order valence-corrected chi connectivity index (χ2v) is 8.26. The number of esters is 1. The zero-order chi connectivity index (χ0) is 25.1. The van der Waals surface area contributed by atoms with Crippen LogP contribution in [0.3, 0.4) is 0 Å². The van der Waals surface area contributed by atoms with Gasteiger partial charge in [-0.05, 0) is 36.8 Å². The van der Waals surface area contributed by atoms with Crippen LogP contribution in [-0.2, 0) is 6.42 Å². The summed E-state index contributed by atoms with van der Waals surface area (Å²) in [4.78, 5) is 26.0. The maximum absolute atomic E-state index is 13.5. The number of carbonyl (C=O) groups is 2. The van der Waals surface area contributed by atoms with E-state index in [1.54, 1.807) is 30.3 Å². The molecule has 0 saturated carbocycles. The first-order chi connectivity index (χ1) is 16.8. The number of hydrogen-bond donors (Lipinski definition) is 4. The molecule has 180 valence electrons. The van der Waals surface area contributed by atoms with Crippen molar-refractivity contribution in [2.24, 2.45) is 0 Å². The number of rotatable bonds is 8. The minimum absolute atomic E-state index is 0.0216. The van der Waals surface area contributed by atoms with Crippen molar-refractivity contribution in [3.63, 3.8) is 0 Å². The molecule has 1 heterocycles. The number of anilines is 2. The van der Waals surface area contributed by atoms with Gasteiger partial charge in [0, 0.05) is 23.4 Å². The summed E-state index contributed by atoms with van der Waals surface area (Å²) in [7, 11) is 0. The SMILES string of the molecule is CCCCCc1oc2cc(OC(=O)c3ccccc3)c(O)cc2c1C(=O)c1cc(N)c(O)c(N)c1. The van der Waals surface area contributed by atoms with E-state index in [0.29, 0.717) is 23.1 Å². The minimum Gasteiger partial charge on any atom is -0.504 e. The van der Waals surface area contributed by atoms with Gasteiger partial charge in [-0.1, -0.05) is 38.0 Å². The van der Waals surface area contributed by atoms with E-state index in [4.69, 9.17) is 20.6 Å². The van der Waals surface area contributed by atoms with E-state index in [-0.39, 0.29) is 45.3 Å². The third-order valence-corrected chi connectivity index (χ3v) is 5.72. The number of hydrogen-bond acceptors (Lipinski definition) is 8. The van der Waals surface area contributed by atoms with Crippen molar-refractivity contribution in [3.8, 4) is 17.2 Å². The highest BCUT2D eigenvalue weighted by Crippen LogP contribution is 2.39. The van der Waals surface area contributed by atoms with Crippen LogP contribution in [0.15, 0.2) is 59.0 Å². The van der Waals surface area contributed by atoms with Crippen LogP contribution in [0.2, 0.25) is 0 Å². The maximum atomic E-state index is 13.5. The van der Waals surface area contributed by atoms with Gasteiger partial charge in [0.2, 0.25) is 0 Å². The third-order valence-electron chi connectivity index (χ3n) is 5.72. The average molecular weight is 475 g/mol. The van der Waals surface area contributed by atoms with Crippen LogP contribution in [0.1, 0.15) is 58.2 Å². The lowest BCUT2D eigenvalue weighted by Gasteiger charge is -2.08. The van der Waals surface area contributed by atoms with Gasteiger partial charge in [0.1, 0.15) is 11.3 Å². The Kier molecular flexibility index (Phi) is 6.64. The molecule has 0 radical (unpaired) electrons. The first kappa shape index (κ1) is 23.7. The Balaban J connectivity index is 1.78. The number of benzene rings is 3. The molecule has 8 nitrogen and oxygen atoms in total. The predicted octanol–water partition coefficient (Wildman–Crippen LogP) is 5.19. The van der Waals surface area contributed by atoms with Gasteiger partial charge in [0.05, 0.1) is 22.5 Å². The van der Waals surface area contributed by atoms with Crippen LogP contribution in [0.4, 0.5) is 11.4 Å². The van der Waals surface area contributed by atoms with Gasteiger partial charge in [-0.15, -0.1) is 0 Å². The van der Waals surface area contributed by atoms with Gasteiger partial charge in [-0.25, -0.2) is 4.79 Å². The predicted molar refractivity (Wildman–Crippen MR) is 133 cm³/mol. The third kappa shape index (κ3) is 4.77. The Morgan fingerprint density at radius 2 is 1.63 bits per heavy atom. The van der Waals surface area contributed by atoms with Crippen molar-refractivity contribution in [2.75, 3.05) is 11.5 Å². The first-order valence-corrected chi connectivity index (χ1v) is 11.3. The second kappa shape index (κ2) is 9.80. The van der Waals surface area contributed by atoms with Crippen LogP contribution >= 0.6 is 0 Å². The molecule has 0 bridgehead atoms. The number of ether oxygens (including phenoxy) is 1. The molecule has 3 aromatic carbocycles. The normalized spacial score (nSPS) is 11.0. The molecule has 0 aliphatic heterocycles. The lowest BCUT2D eigenvalue weighted by molar-refractivity contribution is 0.0729. The molecule has 0 saturated heterocycles. The quantitative estimate of drug-likeness (QED) is 0.0680. The molecule has 0 aliphatic rings. The zero-order valence-corrected chi connectivity index (χ0v) is 19.2. The van der Waals surface area contributed by atoms with E-state index in [2.05, 4.69) is 6.92 Å². The summed E-state index contributed by atoms with van der Waals surface area (Å²) in [5.41, 5.74) is 12.6. The van der Waals surface area contributed by atoms with E-state index in [1.807, 2.05) is 0 Å². The molecule has 4 rings (SSSR count). The molecule has 6 N–H and O–H groups in total. The molecule has 0 atom stereocenters. The molecule has 0 unspecified atom stereocenters. The van der Waals surface area contributed by atoms with Gasteiger partial charge in [0.25, 0.3) is 0 Å². The van der Waals surface area contributed by atoms with Crippen molar-refractivity contribution in [1.82, 2.24) is 0 Å². The molecule has 0 fully saturated rings. The Labute approximate surface area is 201 Å². The first-order valence-electron chi connectivity index (χ1n) is 11.3. The van der Waals surface area contributed by atoms with Gasteiger partial charge in [-0.3, -0.25) is 4.79 Å². The van der Waals surface area contributed by atoms with E-state index in [0.717, 1.165) is 19.3 Å². The summed E-state index contributed by atoms with van der Waals surface area (Å²) >= 11 is 0. The summed E-state index contributed by atoms with van der Waals surface area (Å²) in [5, 5.41) is 20.9. The molecule has 0 spiro atoms. The number of carbonyl (C=O) groups excluding carboxylic acids is 2. The highest BCUT2D eigenvalue weighted by Gasteiger charge is 2.25. The number of ketones is 1. The van der Waals surface area contributed by atoms with Crippen molar-refractivity contribution < 1.29 is 29.0 Å². The zero-order valence-electron chi connectivity index (χ0n) is 19.2. The van der Waals surface area contributed by atoms with Crippen LogP contribution in [0.25, 0.3) is 11.0 Å². The summed E-state index contributed by atoms with van der Waals surface area (Å²) in [6.07, 6.45) is 3.20. The number of aryl methyl sites for hydroxylation is 1. The van der Waals surface area contributed by atoms with E-state index >= 15 is 0 Å². The Bertz CT molecular complexity index is 1390. The van der Waals surface area contributed by atoms with E-state index in [9.17, 15) is 19.8 Å². The largest absolute Gasteiger partial charge is 0.504 e. The van der Waals surface area contributed by atoms with E-state index < -0.39 is 11.8 Å². The number of fused-ring (bicyclic) bond motifs is 1. The van der Waals surface area contributed by atoms with Crippen LogP contribution < -0.4 is 16.2 Å². The number of aromatic hydroxyl groups is 2. The smallest absolute Gasteiger partial charge is 0.343 e. The Hall–Kier alpha value is -4.46. The molecule has 0 amide bonds. The minimum atomic E-state index is -0.638. The van der Waals surface area contributed by atoms with Crippen LogP contribution in [-0.4, -0.2) is 22.0 Å². The summed E-state index contributed by atoms with van der Waals surface area (Å²) in [6, 6.07) is 13.8. The van der Waals surface area contributed by atoms with E-state index in [1.165, 1.54) is 24.3 Å². The number of unbranched alkanes of at least 4 members (excludes halogenated alkanes) is 2. The van der Waals surface area contributed by atoms with Gasteiger partial charge in [0.15, 0.2) is 23.0 Å². The number of nitrogen functional groups attached to an aromatic ring is 2. The van der Waals surface area contributed by atoms with Gasteiger partial charge in [-0.2, -0.15) is 0 Å². The molecule has 0 aliphatic carbocycles. The van der Waals surface area contributed by atoms with Crippen molar-refractivity contribution >= 4 is 34.1 Å². The molecular formula is C27H26N2O6. The second-order valence-electron chi connectivity index (χ2n) is 8.26. The summed E-state index contributed by atoms with van der Waals surface area (Å²) < 4.78 is 11.4. The standard InChI is InChI=1S/C27H26N2O6/c1-2-3-5-10-21-24(25(31)16-11-18(28)26(32)19(29)12-16)17-13-20(30)23(14-22(17)34-21)35-27(33)15-8-6-4-7-9-15/h4,6-9,11-14,30,32H,2-3,5,10,28-29H2,1H3. The van der Waals surface area contributed by atoms with Gasteiger partial charge < -0.3 is 30.8 Å². The highest BCUT2D eigenvalue weighted by molar-refractivity contribution is 6.18. The molecule has 35 heavy (non-hydrogen) atoms. The average Bonchev–Trinajstić information content (AvgIpc) is 3.19. The van der Waals surface area contributed by atoms with Crippen molar-refractivity contribution in [1.29, 1.82) is 0 Å². The monoisotopic (exact) mass is 474 g/mol. The molecule has 1 aromatic heterocycles.